The van der Waals surface area contributed by atoms with Crippen molar-refractivity contribution >= 4 is 14.3 Å². The minimum atomic E-state index is -1.70. The number of fused-ring (bicyclic) bond motifs is 5. The second-order valence-electron chi connectivity index (χ2n) is 14.0. The largest absolute Gasteiger partial charge is 0.469 e. The van der Waals surface area contributed by atoms with Crippen molar-refractivity contribution in [3.8, 4) is 0 Å². The number of ether oxygens (including phenoxy) is 1. The first-order chi connectivity index (χ1) is 14.8. The average Bonchev–Trinajstić information content (AvgIpc) is 3.03. The summed E-state index contributed by atoms with van der Waals surface area (Å²) in [4.78, 5) is 12.1. The van der Waals surface area contributed by atoms with Gasteiger partial charge in [-0.1, -0.05) is 34.6 Å². The van der Waals surface area contributed by atoms with Crippen LogP contribution in [0.4, 0.5) is 0 Å². The van der Waals surface area contributed by atoms with Gasteiger partial charge in [0, 0.05) is 12.5 Å². The summed E-state index contributed by atoms with van der Waals surface area (Å²) in [6.45, 7) is 17.1. The number of rotatable bonds is 4. The van der Waals surface area contributed by atoms with Crippen molar-refractivity contribution in [3.05, 3.63) is 0 Å². The van der Waals surface area contributed by atoms with Crippen LogP contribution in [0.1, 0.15) is 98.8 Å². The first-order valence-corrected chi connectivity index (χ1v) is 16.5. The van der Waals surface area contributed by atoms with Gasteiger partial charge in [-0.3, -0.25) is 4.79 Å². The van der Waals surface area contributed by atoms with Crippen LogP contribution in [0, 0.1) is 40.4 Å². The molecule has 4 heteroatoms. The van der Waals surface area contributed by atoms with Gasteiger partial charge in [0.25, 0.3) is 0 Å². The number of carbonyl (C=O) groups excluding carboxylic acids is 1. The highest BCUT2D eigenvalue weighted by Gasteiger charge is 2.60. The molecule has 4 aliphatic rings. The van der Waals surface area contributed by atoms with Gasteiger partial charge in [0.15, 0.2) is 8.32 Å². The fourth-order valence-electron chi connectivity index (χ4n) is 8.65. The quantitative estimate of drug-likeness (QED) is 0.319. The Bertz CT molecular complexity index is 712. The minimum Gasteiger partial charge on any atom is -0.469 e. The van der Waals surface area contributed by atoms with Crippen LogP contribution in [0.2, 0.25) is 18.1 Å². The molecule has 0 aromatic rings. The predicted molar refractivity (Wildman–Crippen MR) is 134 cm³/mol. The highest BCUT2D eigenvalue weighted by atomic mass is 28.4. The van der Waals surface area contributed by atoms with Gasteiger partial charge in [-0.15, -0.1) is 0 Å². The number of carbonyl (C=O) groups is 1. The molecule has 3 nitrogen and oxygen atoms in total. The minimum absolute atomic E-state index is 0.00489. The maximum Gasteiger partial charge on any atom is 0.305 e. The van der Waals surface area contributed by atoms with E-state index in [4.69, 9.17) is 9.16 Å². The molecule has 0 bridgehead atoms. The molecule has 0 aromatic carbocycles. The van der Waals surface area contributed by atoms with Crippen LogP contribution in [0.3, 0.4) is 0 Å². The maximum atomic E-state index is 12.1. The first kappa shape index (κ1) is 24.8. The van der Waals surface area contributed by atoms with Crippen molar-refractivity contribution < 1.29 is 14.0 Å². The van der Waals surface area contributed by atoms with Crippen molar-refractivity contribution in [2.45, 2.75) is 123 Å². The fraction of sp³-hybridized carbons (Fsp3) is 0.964. The predicted octanol–water partition coefficient (Wildman–Crippen LogP) is 7.60. The van der Waals surface area contributed by atoms with E-state index in [9.17, 15) is 4.79 Å². The van der Waals surface area contributed by atoms with Gasteiger partial charge in [0.2, 0.25) is 0 Å². The Balaban J connectivity index is 1.46. The molecule has 0 radical (unpaired) electrons. The van der Waals surface area contributed by atoms with Crippen LogP contribution in [0.25, 0.3) is 0 Å². The second kappa shape index (κ2) is 8.39. The van der Waals surface area contributed by atoms with Crippen LogP contribution in [-0.2, 0) is 14.0 Å². The van der Waals surface area contributed by atoms with Crippen molar-refractivity contribution in [2.24, 2.45) is 40.4 Å². The SMILES string of the molecule is COC(=O)C[C@H]1CC[C@H]2[C@@H]3CC[C@H]4C[C@@H](O[Si](C)(C)C(C)(C)C)CC[C@]4(C)[C@H]3CC[C@]12C. The summed E-state index contributed by atoms with van der Waals surface area (Å²) in [6, 6.07) is 0. The van der Waals surface area contributed by atoms with Gasteiger partial charge in [0.05, 0.1) is 7.11 Å². The third-order valence-electron chi connectivity index (χ3n) is 11.7. The molecule has 0 unspecified atom stereocenters. The lowest BCUT2D eigenvalue weighted by atomic mass is 9.44. The van der Waals surface area contributed by atoms with Crippen molar-refractivity contribution in [1.82, 2.24) is 0 Å². The zero-order chi connectivity index (χ0) is 23.5. The van der Waals surface area contributed by atoms with E-state index >= 15 is 0 Å². The molecule has 0 saturated heterocycles. The molecule has 0 amide bonds. The first-order valence-electron chi connectivity index (χ1n) is 13.6. The topological polar surface area (TPSA) is 35.5 Å². The molecule has 0 heterocycles. The van der Waals surface area contributed by atoms with Crippen molar-refractivity contribution in [2.75, 3.05) is 7.11 Å². The number of hydrogen-bond acceptors (Lipinski definition) is 3. The summed E-state index contributed by atoms with van der Waals surface area (Å²) in [7, 11) is -0.155. The molecule has 32 heavy (non-hydrogen) atoms. The molecule has 4 aliphatic carbocycles. The Hall–Kier alpha value is -0.353. The van der Waals surface area contributed by atoms with E-state index in [1.807, 2.05) is 0 Å². The lowest BCUT2D eigenvalue weighted by molar-refractivity contribution is -0.146. The van der Waals surface area contributed by atoms with E-state index in [0.29, 0.717) is 34.3 Å². The van der Waals surface area contributed by atoms with Gasteiger partial charge in [-0.2, -0.15) is 0 Å². The molecule has 0 spiro atoms. The fourth-order valence-corrected chi connectivity index (χ4v) is 10.0. The molecular formula is C28H50O3Si. The smallest absolute Gasteiger partial charge is 0.305 e. The van der Waals surface area contributed by atoms with E-state index < -0.39 is 8.32 Å². The van der Waals surface area contributed by atoms with Gasteiger partial charge in [0.1, 0.15) is 0 Å². The third kappa shape index (κ3) is 4.04. The Morgan fingerprint density at radius 2 is 1.59 bits per heavy atom. The molecular weight excluding hydrogens is 412 g/mol. The van der Waals surface area contributed by atoms with E-state index in [1.54, 1.807) is 7.11 Å². The Kier molecular flexibility index (Phi) is 6.50. The van der Waals surface area contributed by atoms with Crippen LogP contribution < -0.4 is 0 Å². The highest BCUT2D eigenvalue weighted by Crippen LogP contribution is 2.68. The standard InChI is InChI=1S/C28H50O3Si/c1-26(2,3)32(7,8)31-21-13-15-27(4)19(17-21)9-11-22-23-12-10-20(18-25(29)30-6)28(23,5)16-14-24(22)27/h19-24H,9-18H2,1-8H3/t19-,20+,21-,22-,23-,24-,27-,28+/m0/s1. The summed E-state index contributed by atoms with van der Waals surface area (Å²) in [5.41, 5.74) is 0.846. The summed E-state index contributed by atoms with van der Waals surface area (Å²) >= 11 is 0. The molecule has 0 aromatic heterocycles. The Morgan fingerprint density at radius 1 is 0.938 bits per heavy atom. The lowest BCUT2D eigenvalue weighted by Crippen LogP contribution is -2.55. The average molecular weight is 463 g/mol. The zero-order valence-electron chi connectivity index (χ0n) is 22.3. The van der Waals surface area contributed by atoms with Crippen LogP contribution in [0.5, 0.6) is 0 Å². The van der Waals surface area contributed by atoms with E-state index in [1.165, 1.54) is 57.8 Å². The summed E-state index contributed by atoms with van der Waals surface area (Å²) in [6.07, 6.45) is 13.1. The van der Waals surface area contributed by atoms with Crippen molar-refractivity contribution in [3.63, 3.8) is 0 Å². The van der Waals surface area contributed by atoms with Gasteiger partial charge in [-0.05, 0) is 116 Å². The van der Waals surface area contributed by atoms with E-state index in [2.05, 4.69) is 47.7 Å². The zero-order valence-corrected chi connectivity index (χ0v) is 23.3. The van der Waals surface area contributed by atoms with Gasteiger partial charge in [-0.25, -0.2) is 0 Å². The molecule has 8 atom stereocenters. The van der Waals surface area contributed by atoms with Crippen LogP contribution in [-0.4, -0.2) is 27.5 Å². The monoisotopic (exact) mass is 462 g/mol. The summed E-state index contributed by atoms with van der Waals surface area (Å²) in [5.74, 6) is 3.93. The second-order valence-corrected chi connectivity index (χ2v) is 18.8. The summed E-state index contributed by atoms with van der Waals surface area (Å²) in [5, 5.41) is 0.294. The van der Waals surface area contributed by atoms with E-state index in [-0.39, 0.29) is 5.97 Å². The van der Waals surface area contributed by atoms with Crippen LogP contribution in [0.15, 0.2) is 0 Å². The molecule has 184 valence electrons. The lowest BCUT2D eigenvalue weighted by Gasteiger charge is -2.61. The normalized spacial score (nSPS) is 44.4. The van der Waals surface area contributed by atoms with Gasteiger partial charge < -0.3 is 9.16 Å². The molecule has 0 aliphatic heterocycles. The van der Waals surface area contributed by atoms with Crippen molar-refractivity contribution in [1.29, 1.82) is 0 Å². The molecule has 4 rings (SSSR count). The summed E-state index contributed by atoms with van der Waals surface area (Å²) < 4.78 is 12.0. The number of methoxy groups -OCH3 is 1. The van der Waals surface area contributed by atoms with E-state index in [0.717, 1.165) is 23.7 Å². The maximum absolute atomic E-state index is 12.1. The highest BCUT2D eigenvalue weighted by molar-refractivity contribution is 6.74. The Labute approximate surface area is 198 Å². The van der Waals surface area contributed by atoms with Crippen LogP contribution >= 0.6 is 0 Å². The third-order valence-corrected chi connectivity index (χ3v) is 16.3. The molecule has 4 fully saturated rings. The van der Waals surface area contributed by atoms with Gasteiger partial charge >= 0.3 is 5.97 Å². The number of esters is 1. The number of hydrogen-bond donors (Lipinski definition) is 0. The molecule has 0 N–H and O–H groups in total. The Morgan fingerprint density at radius 3 is 2.25 bits per heavy atom. The molecule has 4 saturated carbocycles.